The van der Waals surface area contributed by atoms with Gasteiger partial charge in [-0.3, -0.25) is 9.55 Å². The van der Waals surface area contributed by atoms with Crippen LogP contribution in [0.2, 0.25) is 0 Å². The van der Waals surface area contributed by atoms with E-state index < -0.39 is 0 Å². The minimum absolute atomic E-state index is 0.0229. The van der Waals surface area contributed by atoms with Gasteiger partial charge in [0.1, 0.15) is 18.5 Å². The van der Waals surface area contributed by atoms with E-state index in [2.05, 4.69) is 165 Å². The van der Waals surface area contributed by atoms with Gasteiger partial charge in [-0.1, -0.05) is 107 Å². The number of benzene rings is 5. The minimum Gasteiger partial charge on any atom is -0.475 e. The van der Waals surface area contributed by atoms with Gasteiger partial charge in [-0.25, -0.2) is 9.98 Å². The van der Waals surface area contributed by atoms with Crippen LogP contribution in [-0.4, -0.2) is 27.0 Å². The van der Waals surface area contributed by atoms with E-state index in [0.29, 0.717) is 12.5 Å². The average molecular weight is 730 g/mol. The molecule has 6 nitrogen and oxygen atoms in total. The molecule has 6 heteroatoms. The third-order valence-electron chi connectivity index (χ3n) is 11.6. The van der Waals surface area contributed by atoms with E-state index in [1.807, 2.05) is 30.6 Å². The van der Waals surface area contributed by atoms with Gasteiger partial charge in [0, 0.05) is 45.4 Å². The van der Waals surface area contributed by atoms with E-state index in [9.17, 15) is 0 Å². The summed E-state index contributed by atoms with van der Waals surface area (Å²) >= 11 is 0. The predicted octanol–water partition coefficient (Wildman–Crippen LogP) is 12.2. The quantitative estimate of drug-likeness (QED) is 0.177. The van der Waals surface area contributed by atoms with Gasteiger partial charge in [0.15, 0.2) is 0 Å². The monoisotopic (exact) mass is 729 g/mol. The van der Waals surface area contributed by atoms with Crippen molar-refractivity contribution in [3.8, 4) is 17.1 Å². The topological polar surface area (TPSA) is 55.5 Å². The normalized spacial score (nSPS) is 16.1. The van der Waals surface area contributed by atoms with Gasteiger partial charge in [0.25, 0.3) is 0 Å². The molecule has 0 unspecified atom stereocenters. The Kier molecular flexibility index (Phi) is 7.75. The summed E-state index contributed by atoms with van der Waals surface area (Å²) in [5.41, 5.74) is 12.9. The summed E-state index contributed by atoms with van der Waals surface area (Å²) in [7, 11) is 0. The first-order valence-electron chi connectivity index (χ1n) is 19.4. The summed E-state index contributed by atoms with van der Waals surface area (Å²) < 4.78 is 8.74. The first-order chi connectivity index (χ1) is 27.1. The highest BCUT2D eigenvalue weighted by atomic mass is 16.5. The van der Waals surface area contributed by atoms with E-state index >= 15 is 0 Å². The number of ether oxygens (including phenoxy) is 1. The predicted molar refractivity (Wildman–Crippen MR) is 229 cm³/mol. The summed E-state index contributed by atoms with van der Waals surface area (Å²) in [4.78, 5) is 17.4. The van der Waals surface area contributed by atoms with Gasteiger partial charge < -0.3 is 9.64 Å². The van der Waals surface area contributed by atoms with Crippen LogP contribution < -0.4 is 4.90 Å². The highest BCUT2D eigenvalue weighted by Crippen LogP contribution is 2.54. The summed E-state index contributed by atoms with van der Waals surface area (Å²) in [6, 6.07) is 49.8. The molecule has 5 aromatic carbocycles. The summed E-state index contributed by atoms with van der Waals surface area (Å²) in [6.07, 6.45) is 3.80. The van der Waals surface area contributed by atoms with Crippen molar-refractivity contribution >= 4 is 44.8 Å². The van der Waals surface area contributed by atoms with Crippen LogP contribution in [-0.2, 0) is 15.6 Å². The molecule has 0 amide bonds. The second kappa shape index (κ2) is 12.8. The maximum absolute atomic E-state index is 6.40. The number of fused-ring (bicyclic) bond motifs is 5. The van der Waals surface area contributed by atoms with Crippen molar-refractivity contribution in [3.05, 3.63) is 180 Å². The lowest BCUT2D eigenvalue weighted by atomic mass is 9.73. The van der Waals surface area contributed by atoms with Gasteiger partial charge in [0.05, 0.1) is 28.1 Å². The molecule has 3 aromatic heterocycles. The summed E-state index contributed by atoms with van der Waals surface area (Å²) in [6.45, 7) is 12.0. The average Bonchev–Trinajstić information content (AvgIpc) is 3.85. The molecule has 1 atom stereocenters. The third kappa shape index (κ3) is 5.50. The number of hydrogen-bond acceptors (Lipinski definition) is 5. The molecular weight excluding hydrogens is 687 g/mol. The lowest BCUT2D eigenvalue weighted by molar-refractivity contribution is 0.320. The van der Waals surface area contributed by atoms with E-state index in [-0.39, 0.29) is 16.9 Å². The molecular formula is C50H43N5O. The highest BCUT2D eigenvalue weighted by Gasteiger charge is 2.38. The minimum atomic E-state index is -0.285. The van der Waals surface area contributed by atoms with E-state index in [1.54, 1.807) is 0 Å². The van der Waals surface area contributed by atoms with Crippen LogP contribution in [0.15, 0.2) is 157 Å². The lowest BCUT2D eigenvalue weighted by Crippen LogP contribution is -2.30. The lowest BCUT2D eigenvalue weighted by Gasteiger charge is -2.42. The van der Waals surface area contributed by atoms with Crippen LogP contribution in [0.5, 0.6) is 0 Å². The molecule has 2 aliphatic heterocycles. The smallest absolute Gasteiger partial charge is 0.216 e. The Hall–Kier alpha value is -6.53. The van der Waals surface area contributed by atoms with E-state index in [0.717, 1.165) is 56.3 Å². The van der Waals surface area contributed by atoms with Crippen molar-refractivity contribution in [1.82, 2.24) is 14.5 Å². The number of hydrogen-bond donors (Lipinski definition) is 0. The molecule has 0 bridgehead atoms. The second-order valence-electron chi connectivity index (χ2n) is 16.5. The van der Waals surface area contributed by atoms with Gasteiger partial charge in [-0.15, -0.1) is 0 Å². The molecule has 274 valence electrons. The Bertz CT molecular complexity index is 2830. The van der Waals surface area contributed by atoms with Crippen molar-refractivity contribution in [2.75, 3.05) is 11.5 Å². The van der Waals surface area contributed by atoms with E-state index in [1.165, 1.54) is 27.5 Å². The summed E-state index contributed by atoms with van der Waals surface area (Å²) in [5, 5.41) is 2.41. The van der Waals surface area contributed by atoms with Gasteiger partial charge in [0.2, 0.25) is 5.90 Å². The van der Waals surface area contributed by atoms with Crippen molar-refractivity contribution in [2.45, 2.75) is 51.5 Å². The number of nitrogens with zero attached hydrogens (tertiary/aromatic N) is 5. The zero-order valence-corrected chi connectivity index (χ0v) is 32.4. The van der Waals surface area contributed by atoms with Gasteiger partial charge in [-0.2, -0.15) is 0 Å². The molecule has 10 rings (SSSR count). The highest BCUT2D eigenvalue weighted by molar-refractivity contribution is 6.11. The molecule has 8 aromatic rings. The fraction of sp³-hybridized carbons (Fsp3) is 0.180. The molecule has 0 saturated carbocycles. The maximum atomic E-state index is 6.40. The molecule has 0 saturated heterocycles. The first kappa shape index (κ1) is 34.0. The Morgan fingerprint density at radius 3 is 2.23 bits per heavy atom. The molecule has 5 heterocycles. The Balaban J connectivity index is 1.24. The molecule has 0 N–H and O–H groups in total. The van der Waals surface area contributed by atoms with Crippen molar-refractivity contribution in [3.63, 3.8) is 0 Å². The molecule has 0 spiro atoms. The van der Waals surface area contributed by atoms with Crippen molar-refractivity contribution < 1.29 is 4.74 Å². The van der Waals surface area contributed by atoms with E-state index in [4.69, 9.17) is 19.7 Å². The zero-order valence-electron chi connectivity index (χ0n) is 32.4. The van der Waals surface area contributed by atoms with Crippen molar-refractivity contribution in [2.24, 2.45) is 4.99 Å². The van der Waals surface area contributed by atoms with Crippen LogP contribution in [0.25, 0.3) is 38.9 Å². The SMILES string of the molecule is CC(C)(C)c1ccnc(-n2c3ccccc3c3cc4c(cc32)N(c2cc(C3=N[C@H](c5ccccc5)CO3)cc(-c3ccccn3)c2)c2ccccc2C4(C)C)c1. The molecule has 0 radical (unpaired) electrons. The largest absolute Gasteiger partial charge is 0.475 e. The molecule has 2 aliphatic rings. The zero-order chi connectivity index (χ0) is 38.2. The van der Waals surface area contributed by atoms with Crippen LogP contribution in [0.1, 0.15) is 68.5 Å². The van der Waals surface area contributed by atoms with Gasteiger partial charge in [-0.05, 0) is 94.4 Å². The Morgan fingerprint density at radius 1 is 0.643 bits per heavy atom. The fourth-order valence-electron chi connectivity index (χ4n) is 8.62. The van der Waals surface area contributed by atoms with Crippen LogP contribution >= 0.6 is 0 Å². The number of para-hydroxylation sites is 2. The number of rotatable bonds is 5. The number of pyridine rings is 2. The summed E-state index contributed by atoms with van der Waals surface area (Å²) in [5.74, 6) is 1.55. The number of anilines is 3. The van der Waals surface area contributed by atoms with Crippen LogP contribution in [0, 0.1) is 0 Å². The van der Waals surface area contributed by atoms with Gasteiger partial charge >= 0.3 is 0 Å². The molecule has 0 aliphatic carbocycles. The number of aromatic nitrogens is 3. The fourth-order valence-corrected chi connectivity index (χ4v) is 8.62. The Morgan fingerprint density at radius 2 is 1.41 bits per heavy atom. The maximum Gasteiger partial charge on any atom is 0.216 e. The first-order valence-corrected chi connectivity index (χ1v) is 19.4. The van der Waals surface area contributed by atoms with Crippen LogP contribution in [0.3, 0.4) is 0 Å². The number of aliphatic imine (C=N–C) groups is 1. The van der Waals surface area contributed by atoms with Crippen LogP contribution in [0.4, 0.5) is 17.1 Å². The Labute approximate surface area is 327 Å². The van der Waals surface area contributed by atoms with Crippen molar-refractivity contribution in [1.29, 1.82) is 0 Å². The molecule has 56 heavy (non-hydrogen) atoms. The third-order valence-corrected chi connectivity index (χ3v) is 11.6. The second-order valence-corrected chi connectivity index (χ2v) is 16.5. The molecule has 0 fully saturated rings. The standard InChI is InChI=1S/C50H43N5O/c1-49(2,3)35-22-24-52-47(28-35)55-43-20-11-9-17-37(43)38-29-40-46(30-45(38)55)54(44-21-12-10-18-39(44)50(40,4)5)36-26-33(41-19-13-14-23-51-41)25-34(27-36)48-53-42(31-56-48)32-15-7-6-8-16-32/h6-30,42H,31H2,1-5H3/t42-/m0/s1.